The maximum Gasteiger partial charge on any atom is 0.263 e. The minimum absolute atomic E-state index is 0.0235. The van der Waals surface area contributed by atoms with Crippen molar-refractivity contribution in [2.75, 3.05) is 0 Å². The SMILES string of the molecule is C=CCn1c(SCc2csc(C(C)C)n2)nc2sc(C)c(C)c2c1=O. The summed E-state index contributed by atoms with van der Waals surface area (Å²) in [6, 6.07) is 0. The molecule has 0 fully saturated rings. The number of thiazole rings is 1. The Bertz CT molecular complexity index is 982. The van der Waals surface area contributed by atoms with E-state index in [9.17, 15) is 4.79 Å². The molecule has 4 nitrogen and oxygen atoms in total. The summed E-state index contributed by atoms with van der Waals surface area (Å²) in [6.07, 6.45) is 1.74. The molecule has 0 unspecified atom stereocenters. The Labute approximate surface area is 159 Å². The zero-order valence-corrected chi connectivity index (χ0v) is 17.3. The standard InChI is InChI=1S/C18H21N3OS3/c1-6-7-21-17(22)14-11(4)12(5)25-16(14)20-18(21)24-9-13-8-23-15(19-13)10(2)3/h6,8,10H,1,7,9H2,2-5H3. The highest BCUT2D eigenvalue weighted by Crippen LogP contribution is 2.30. The molecule has 0 saturated carbocycles. The van der Waals surface area contributed by atoms with E-state index in [4.69, 9.17) is 4.98 Å². The van der Waals surface area contributed by atoms with E-state index in [1.807, 2.05) is 13.8 Å². The average Bonchev–Trinajstić information content (AvgIpc) is 3.14. The number of aryl methyl sites for hydroxylation is 2. The Kier molecular flexibility index (Phi) is 5.46. The molecule has 0 N–H and O–H groups in total. The van der Waals surface area contributed by atoms with Gasteiger partial charge < -0.3 is 0 Å². The van der Waals surface area contributed by atoms with Gasteiger partial charge in [-0.1, -0.05) is 31.7 Å². The van der Waals surface area contributed by atoms with E-state index >= 15 is 0 Å². The zero-order valence-electron chi connectivity index (χ0n) is 14.8. The number of hydrogen-bond donors (Lipinski definition) is 0. The Morgan fingerprint density at radius 1 is 1.36 bits per heavy atom. The van der Waals surface area contributed by atoms with E-state index in [2.05, 4.69) is 30.8 Å². The van der Waals surface area contributed by atoms with Crippen LogP contribution in [-0.4, -0.2) is 14.5 Å². The van der Waals surface area contributed by atoms with E-state index < -0.39 is 0 Å². The highest BCUT2D eigenvalue weighted by atomic mass is 32.2. The second kappa shape index (κ2) is 7.43. The van der Waals surface area contributed by atoms with Gasteiger partial charge in [0.15, 0.2) is 5.16 Å². The topological polar surface area (TPSA) is 47.8 Å². The van der Waals surface area contributed by atoms with Crippen molar-refractivity contribution in [3.63, 3.8) is 0 Å². The number of aromatic nitrogens is 3. The smallest absolute Gasteiger partial charge is 0.263 e. The lowest BCUT2D eigenvalue weighted by molar-refractivity contribution is 0.672. The van der Waals surface area contributed by atoms with Gasteiger partial charge in [0.1, 0.15) is 4.83 Å². The van der Waals surface area contributed by atoms with E-state index in [0.717, 1.165) is 36.5 Å². The van der Waals surface area contributed by atoms with Gasteiger partial charge >= 0.3 is 0 Å². The molecule has 0 saturated heterocycles. The molecule has 0 aromatic carbocycles. The highest BCUT2D eigenvalue weighted by Gasteiger charge is 2.16. The summed E-state index contributed by atoms with van der Waals surface area (Å²) >= 11 is 4.84. The monoisotopic (exact) mass is 391 g/mol. The molecule has 3 aromatic heterocycles. The third-order valence-electron chi connectivity index (χ3n) is 3.98. The van der Waals surface area contributed by atoms with Crippen LogP contribution < -0.4 is 5.56 Å². The normalized spacial score (nSPS) is 11.6. The molecule has 7 heteroatoms. The van der Waals surface area contributed by atoms with Crippen LogP contribution in [0.5, 0.6) is 0 Å². The van der Waals surface area contributed by atoms with Crippen LogP contribution in [-0.2, 0) is 12.3 Å². The predicted octanol–water partition coefficient (Wildman–Crippen LogP) is 5.13. The minimum Gasteiger partial charge on any atom is -0.283 e. The van der Waals surface area contributed by atoms with Crippen LogP contribution in [0.15, 0.2) is 28.0 Å². The first-order chi connectivity index (χ1) is 11.9. The maximum absolute atomic E-state index is 12.9. The highest BCUT2D eigenvalue weighted by molar-refractivity contribution is 7.98. The van der Waals surface area contributed by atoms with Gasteiger partial charge in [-0.25, -0.2) is 9.97 Å². The second-order valence-electron chi connectivity index (χ2n) is 6.18. The van der Waals surface area contributed by atoms with E-state index in [1.54, 1.807) is 45.1 Å². The molecule has 0 aliphatic rings. The van der Waals surface area contributed by atoms with Crippen molar-refractivity contribution in [1.29, 1.82) is 0 Å². The lowest BCUT2D eigenvalue weighted by Gasteiger charge is -2.09. The molecule has 0 atom stereocenters. The van der Waals surface area contributed by atoms with E-state index in [1.165, 1.54) is 0 Å². The number of fused-ring (bicyclic) bond motifs is 1. The predicted molar refractivity (Wildman–Crippen MR) is 109 cm³/mol. The van der Waals surface area contributed by atoms with Crippen molar-refractivity contribution in [2.24, 2.45) is 0 Å². The van der Waals surface area contributed by atoms with Crippen molar-refractivity contribution in [3.05, 3.63) is 49.5 Å². The number of thiophene rings is 1. The molecule has 132 valence electrons. The second-order valence-corrected chi connectivity index (χ2v) is 9.22. The molecule has 0 bridgehead atoms. The van der Waals surface area contributed by atoms with Crippen LogP contribution in [0, 0.1) is 13.8 Å². The van der Waals surface area contributed by atoms with Crippen molar-refractivity contribution in [2.45, 2.75) is 51.1 Å². The quantitative estimate of drug-likeness (QED) is 0.332. The Balaban J connectivity index is 1.97. The number of hydrogen-bond acceptors (Lipinski definition) is 6. The molecule has 3 aromatic rings. The molecule has 25 heavy (non-hydrogen) atoms. The van der Waals surface area contributed by atoms with Gasteiger partial charge in [-0.15, -0.1) is 29.3 Å². The van der Waals surface area contributed by atoms with Crippen LogP contribution in [0.4, 0.5) is 0 Å². The van der Waals surface area contributed by atoms with Gasteiger partial charge in [-0.3, -0.25) is 9.36 Å². The third kappa shape index (κ3) is 3.59. The lowest BCUT2D eigenvalue weighted by atomic mass is 10.2. The van der Waals surface area contributed by atoms with Gasteiger partial charge in [-0.2, -0.15) is 0 Å². The maximum atomic E-state index is 12.9. The number of thioether (sulfide) groups is 1. The van der Waals surface area contributed by atoms with Crippen molar-refractivity contribution >= 4 is 44.7 Å². The largest absolute Gasteiger partial charge is 0.283 e. The van der Waals surface area contributed by atoms with Crippen LogP contribution in [0.2, 0.25) is 0 Å². The fourth-order valence-electron chi connectivity index (χ4n) is 2.50. The molecule has 0 amide bonds. The first-order valence-corrected chi connectivity index (χ1v) is 10.8. The first-order valence-electron chi connectivity index (χ1n) is 8.10. The fraction of sp³-hybridized carbons (Fsp3) is 0.389. The Hall–Kier alpha value is -1.44. The summed E-state index contributed by atoms with van der Waals surface area (Å²) in [5, 5.41) is 4.71. The van der Waals surface area contributed by atoms with Gasteiger partial charge in [0.25, 0.3) is 5.56 Å². The summed E-state index contributed by atoms with van der Waals surface area (Å²) in [7, 11) is 0. The Morgan fingerprint density at radius 3 is 2.76 bits per heavy atom. The van der Waals surface area contributed by atoms with Gasteiger partial charge in [0.05, 0.1) is 16.1 Å². The summed E-state index contributed by atoms with van der Waals surface area (Å²) in [4.78, 5) is 24.3. The van der Waals surface area contributed by atoms with Gasteiger partial charge in [-0.05, 0) is 19.4 Å². The summed E-state index contributed by atoms with van der Waals surface area (Å²) in [6.45, 7) is 12.6. The molecular weight excluding hydrogens is 370 g/mol. The fourth-order valence-corrected chi connectivity index (χ4v) is 5.41. The number of nitrogens with zero attached hydrogens (tertiary/aromatic N) is 3. The minimum atomic E-state index is 0.0235. The zero-order chi connectivity index (χ0) is 18.1. The molecule has 0 radical (unpaired) electrons. The molecule has 0 aliphatic heterocycles. The first kappa shape index (κ1) is 18.4. The summed E-state index contributed by atoms with van der Waals surface area (Å²) in [5.74, 6) is 1.15. The van der Waals surface area contributed by atoms with Crippen molar-refractivity contribution < 1.29 is 0 Å². The van der Waals surface area contributed by atoms with Gasteiger partial charge in [0.2, 0.25) is 0 Å². The molecule has 3 rings (SSSR count). The molecule has 0 spiro atoms. The lowest BCUT2D eigenvalue weighted by Crippen LogP contribution is -2.22. The van der Waals surface area contributed by atoms with Crippen LogP contribution in [0.1, 0.15) is 40.9 Å². The molecule has 0 aliphatic carbocycles. The van der Waals surface area contributed by atoms with Crippen molar-refractivity contribution in [3.8, 4) is 0 Å². The number of allylic oxidation sites excluding steroid dienone is 1. The van der Waals surface area contributed by atoms with E-state index in [-0.39, 0.29) is 5.56 Å². The average molecular weight is 392 g/mol. The summed E-state index contributed by atoms with van der Waals surface area (Å²) < 4.78 is 1.72. The van der Waals surface area contributed by atoms with Gasteiger partial charge in [0, 0.05) is 28.5 Å². The van der Waals surface area contributed by atoms with E-state index in [0.29, 0.717) is 18.2 Å². The van der Waals surface area contributed by atoms with Crippen molar-refractivity contribution in [1.82, 2.24) is 14.5 Å². The Morgan fingerprint density at radius 2 is 2.12 bits per heavy atom. The van der Waals surface area contributed by atoms with Crippen LogP contribution >= 0.6 is 34.4 Å². The molecule has 3 heterocycles. The number of rotatable bonds is 6. The molecular formula is C18H21N3OS3. The summed E-state index contributed by atoms with van der Waals surface area (Å²) in [5.41, 5.74) is 2.10. The third-order valence-corrected chi connectivity index (χ3v) is 7.28. The van der Waals surface area contributed by atoms with Crippen LogP contribution in [0.3, 0.4) is 0 Å². The van der Waals surface area contributed by atoms with Crippen LogP contribution in [0.25, 0.3) is 10.2 Å².